The van der Waals surface area contributed by atoms with Crippen molar-refractivity contribution in [3.8, 4) is 5.75 Å². The number of methoxy groups -OCH3 is 1. The molecule has 0 aromatic heterocycles. The number of likely N-dealkylation sites (tertiary alicyclic amines) is 1. The predicted molar refractivity (Wildman–Crippen MR) is 142 cm³/mol. The number of hydrogen-bond donors (Lipinski definition) is 2. The van der Waals surface area contributed by atoms with E-state index in [1.807, 2.05) is 48.5 Å². The van der Waals surface area contributed by atoms with Gasteiger partial charge in [0.25, 0.3) is 5.91 Å². The average Bonchev–Trinajstić information content (AvgIpc) is 2.91. The van der Waals surface area contributed by atoms with E-state index in [4.69, 9.17) is 16.3 Å². The zero-order chi connectivity index (χ0) is 25.5. The lowest BCUT2D eigenvalue weighted by atomic mass is 9.80. The van der Waals surface area contributed by atoms with Crippen molar-refractivity contribution in [1.82, 2.24) is 15.5 Å². The first-order valence-corrected chi connectivity index (χ1v) is 12.5. The molecule has 4 rings (SSSR count). The first kappa shape index (κ1) is 25.7. The smallest absolute Gasteiger partial charge is 0.251 e. The molecule has 0 spiro atoms. The maximum absolute atomic E-state index is 13.2. The van der Waals surface area contributed by atoms with Crippen LogP contribution in [0.2, 0.25) is 5.02 Å². The van der Waals surface area contributed by atoms with E-state index >= 15 is 0 Å². The van der Waals surface area contributed by atoms with Gasteiger partial charge in [-0.05, 0) is 79.0 Å². The number of benzene rings is 3. The van der Waals surface area contributed by atoms with Crippen LogP contribution in [0.25, 0.3) is 0 Å². The first-order valence-electron chi connectivity index (χ1n) is 12.1. The minimum absolute atomic E-state index is 0.0670. The van der Waals surface area contributed by atoms with Crippen LogP contribution in [0.1, 0.15) is 39.4 Å². The Balaban J connectivity index is 1.30. The summed E-state index contributed by atoms with van der Waals surface area (Å²) in [5.74, 6) is 0.705. The molecule has 1 aliphatic heterocycles. The zero-order valence-electron chi connectivity index (χ0n) is 20.7. The minimum atomic E-state index is -0.137. The summed E-state index contributed by atoms with van der Waals surface area (Å²) in [6.07, 6.45) is 0.938. The van der Waals surface area contributed by atoms with Crippen molar-refractivity contribution >= 4 is 23.4 Å². The van der Waals surface area contributed by atoms with Gasteiger partial charge in [-0.15, -0.1) is 0 Å². The van der Waals surface area contributed by atoms with Gasteiger partial charge < -0.3 is 20.3 Å². The predicted octanol–water partition coefficient (Wildman–Crippen LogP) is 4.63. The summed E-state index contributed by atoms with van der Waals surface area (Å²) < 4.78 is 5.13. The fourth-order valence-electron chi connectivity index (χ4n) is 4.61. The Morgan fingerprint density at radius 1 is 0.917 bits per heavy atom. The number of ether oxygens (including phenoxy) is 1. The van der Waals surface area contributed by atoms with Crippen LogP contribution in [-0.4, -0.2) is 44.0 Å². The quantitative estimate of drug-likeness (QED) is 0.468. The van der Waals surface area contributed by atoms with Gasteiger partial charge in [-0.3, -0.25) is 9.59 Å². The highest BCUT2D eigenvalue weighted by Crippen LogP contribution is 2.33. The first-order chi connectivity index (χ1) is 17.4. The molecule has 2 amide bonds. The van der Waals surface area contributed by atoms with Gasteiger partial charge in [-0.1, -0.05) is 48.0 Å². The third-order valence-corrected chi connectivity index (χ3v) is 7.00. The van der Waals surface area contributed by atoms with E-state index in [9.17, 15) is 9.59 Å². The van der Waals surface area contributed by atoms with Gasteiger partial charge in [0.05, 0.1) is 13.0 Å². The van der Waals surface area contributed by atoms with E-state index in [1.165, 1.54) is 0 Å². The van der Waals surface area contributed by atoms with Crippen molar-refractivity contribution in [2.75, 3.05) is 27.2 Å². The molecule has 1 heterocycles. The maximum atomic E-state index is 13.2. The number of hydrogen-bond acceptors (Lipinski definition) is 4. The number of nitrogens with one attached hydrogen (secondary N) is 2. The molecule has 3 aromatic rings. The van der Waals surface area contributed by atoms with E-state index in [1.54, 1.807) is 31.4 Å². The molecule has 0 saturated carbocycles. The lowest BCUT2D eigenvalue weighted by Crippen LogP contribution is -2.45. The number of piperidine rings is 1. The van der Waals surface area contributed by atoms with Gasteiger partial charge in [0.2, 0.25) is 5.91 Å². The van der Waals surface area contributed by atoms with Crippen LogP contribution in [0, 0.1) is 5.92 Å². The normalized spacial score (nSPS) is 17.9. The molecule has 0 radical (unpaired) electrons. The molecule has 0 aliphatic carbocycles. The molecule has 2 N–H and O–H groups in total. The van der Waals surface area contributed by atoms with E-state index < -0.39 is 0 Å². The summed E-state index contributed by atoms with van der Waals surface area (Å²) in [5, 5.41) is 6.77. The van der Waals surface area contributed by atoms with Crippen LogP contribution < -0.4 is 15.4 Å². The van der Waals surface area contributed by atoms with Crippen LogP contribution in [0.3, 0.4) is 0 Å². The van der Waals surface area contributed by atoms with Gasteiger partial charge >= 0.3 is 0 Å². The second-order valence-electron chi connectivity index (χ2n) is 9.26. The number of carbonyl (C=O) groups excluding carboxylic acids is 2. The highest BCUT2D eigenvalue weighted by atomic mass is 35.5. The van der Waals surface area contributed by atoms with E-state index in [-0.39, 0.29) is 23.7 Å². The standard InChI is InChI=1S/C29H32ClN3O3/c1-33-16-15-26(22-7-11-24(30)12-8-22)27(19-33)29(35)32-18-21-5-3-20(4-6-21)17-31-28(34)23-9-13-25(36-2)14-10-23/h3-14,26-27H,15-19H2,1-2H3,(H,31,34)(H,32,35)/t26-,27+/m0/s1. The van der Waals surface area contributed by atoms with Gasteiger partial charge in [0.15, 0.2) is 0 Å². The van der Waals surface area contributed by atoms with Crippen LogP contribution >= 0.6 is 11.6 Å². The molecular weight excluding hydrogens is 474 g/mol. The molecule has 1 fully saturated rings. The molecule has 0 unspecified atom stereocenters. The highest BCUT2D eigenvalue weighted by Gasteiger charge is 2.34. The molecule has 2 atom stereocenters. The Labute approximate surface area is 217 Å². The van der Waals surface area contributed by atoms with Gasteiger partial charge in [-0.25, -0.2) is 0 Å². The second-order valence-corrected chi connectivity index (χ2v) is 9.70. The molecule has 3 aromatic carbocycles. The molecule has 1 aliphatic rings. The topological polar surface area (TPSA) is 70.7 Å². The van der Waals surface area contributed by atoms with Crippen LogP contribution in [0.5, 0.6) is 5.75 Å². The van der Waals surface area contributed by atoms with Crippen LogP contribution in [-0.2, 0) is 17.9 Å². The summed E-state index contributed by atoms with van der Waals surface area (Å²) in [4.78, 5) is 27.8. The molecule has 188 valence electrons. The van der Waals surface area contributed by atoms with Crippen molar-refractivity contribution in [2.45, 2.75) is 25.4 Å². The molecule has 7 heteroatoms. The second kappa shape index (κ2) is 12.1. The number of amides is 2. The Bertz CT molecular complexity index is 1160. The van der Waals surface area contributed by atoms with Crippen molar-refractivity contribution in [2.24, 2.45) is 5.92 Å². The number of rotatable bonds is 8. The van der Waals surface area contributed by atoms with Gasteiger partial charge in [-0.2, -0.15) is 0 Å². The average molecular weight is 506 g/mol. The number of carbonyl (C=O) groups is 2. The maximum Gasteiger partial charge on any atom is 0.251 e. The lowest BCUT2D eigenvalue weighted by Gasteiger charge is -2.36. The summed E-state index contributed by atoms with van der Waals surface area (Å²) in [5.41, 5.74) is 3.75. The van der Waals surface area contributed by atoms with Crippen molar-refractivity contribution in [3.05, 3.63) is 100 Å². The van der Waals surface area contributed by atoms with Crippen LogP contribution in [0.4, 0.5) is 0 Å². The summed E-state index contributed by atoms with van der Waals surface area (Å²) in [6.45, 7) is 2.58. The zero-order valence-corrected chi connectivity index (χ0v) is 21.4. The Morgan fingerprint density at radius 2 is 1.53 bits per heavy atom. The lowest BCUT2D eigenvalue weighted by molar-refractivity contribution is -0.127. The number of halogens is 1. The van der Waals surface area contributed by atoms with E-state index in [0.717, 1.165) is 36.2 Å². The summed E-state index contributed by atoms with van der Waals surface area (Å²) in [6, 6.07) is 22.8. The Hall–Kier alpha value is -3.35. The van der Waals surface area contributed by atoms with Crippen molar-refractivity contribution in [3.63, 3.8) is 0 Å². The fourth-order valence-corrected chi connectivity index (χ4v) is 4.74. The largest absolute Gasteiger partial charge is 0.497 e. The van der Waals surface area contributed by atoms with E-state index in [2.05, 4.69) is 22.6 Å². The fraction of sp³-hybridized carbons (Fsp3) is 0.310. The third kappa shape index (κ3) is 6.65. The van der Waals surface area contributed by atoms with Crippen molar-refractivity contribution in [1.29, 1.82) is 0 Å². The highest BCUT2D eigenvalue weighted by molar-refractivity contribution is 6.30. The Kier molecular flexibility index (Phi) is 8.62. The molecule has 0 bridgehead atoms. The summed E-state index contributed by atoms with van der Waals surface area (Å²) in [7, 11) is 3.65. The SMILES string of the molecule is COc1ccc(C(=O)NCc2ccc(CNC(=O)[C@@H]3CN(C)CC[C@H]3c3ccc(Cl)cc3)cc2)cc1. The molecule has 6 nitrogen and oxygen atoms in total. The molecular formula is C29H32ClN3O3. The monoisotopic (exact) mass is 505 g/mol. The van der Waals surface area contributed by atoms with Crippen LogP contribution in [0.15, 0.2) is 72.8 Å². The van der Waals surface area contributed by atoms with E-state index in [0.29, 0.717) is 29.4 Å². The third-order valence-electron chi connectivity index (χ3n) is 6.75. The van der Waals surface area contributed by atoms with Crippen molar-refractivity contribution < 1.29 is 14.3 Å². The molecule has 1 saturated heterocycles. The summed E-state index contributed by atoms with van der Waals surface area (Å²) >= 11 is 6.06. The van der Waals surface area contributed by atoms with Gasteiger partial charge in [0.1, 0.15) is 5.75 Å². The number of nitrogens with zero attached hydrogens (tertiary/aromatic N) is 1. The minimum Gasteiger partial charge on any atom is -0.497 e. The van der Waals surface area contributed by atoms with Gasteiger partial charge in [0, 0.05) is 30.2 Å². The molecule has 36 heavy (non-hydrogen) atoms. The Morgan fingerprint density at radius 3 is 2.14 bits per heavy atom.